The Hall–Kier alpha value is -0.450. The topological polar surface area (TPSA) is 42.4 Å². The van der Waals surface area contributed by atoms with E-state index in [4.69, 9.17) is 4.74 Å². The van der Waals surface area contributed by atoms with E-state index in [1.54, 1.807) is 18.4 Å². The Kier molecular flexibility index (Phi) is 4.64. The molecule has 0 bridgehead atoms. The van der Waals surface area contributed by atoms with Crippen molar-refractivity contribution in [2.75, 3.05) is 7.11 Å². The second kappa shape index (κ2) is 5.90. The van der Waals surface area contributed by atoms with Gasteiger partial charge in [-0.2, -0.15) is 0 Å². The number of thiazole rings is 1. The van der Waals surface area contributed by atoms with Crippen LogP contribution in [0.2, 0.25) is 0 Å². The van der Waals surface area contributed by atoms with Gasteiger partial charge < -0.3 is 9.84 Å². The Labute approximate surface area is 120 Å². The van der Waals surface area contributed by atoms with Gasteiger partial charge in [0, 0.05) is 18.4 Å². The Morgan fingerprint density at radius 1 is 1.53 bits per heavy atom. The highest BCUT2D eigenvalue weighted by atomic mass is 32.1. The van der Waals surface area contributed by atoms with E-state index in [9.17, 15) is 5.11 Å². The predicted molar refractivity (Wildman–Crippen MR) is 78.7 cm³/mol. The number of aliphatic hydroxyl groups is 1. The number of hydrogen-bond acceptors (Lipinski definition) is 4. The first-order chi connectivity index (χ1) is 8.97. The lowest BCUT2D eigenvalue weighted by molar-refractivity contribution is -0.131. The van der Waals surface area contributed by atoms with E-state index in [0.717, 1.165) is 30.0 Å². The summed E-state index contributed by atoms with van der Waals surface area (Å²) < 4.78 is 5.75. The fraction of sp³-hybridized carbons (Fsp3) is 0.800. The van der Waals surface area contributed by atoms with Gasteiger partial charge >= 0.3 is 0 Å². The summed E-state index contributed by atoms with van der Waals surface area (Å²) in [6, 6.07) is 0. The number of hydrogen-bond donors (Lipinski definition) is 1. The quantitative estimate of drug-likeness (QED) is 0.922. The molecule has 0 aliphatic heterocycles. The van der Waals surface area contributed by atoms with Crippen molar-refractivity contribution in [2.24, 2.45) is 5.92 Å². The molecular formula is C15H25NO2S. The second-order valence-corrected chi connectivity index (χ2v) is 7.23. The van der Waals surface area contributed by atoms with Gasteiger partial charge in [-0.3, -0.25) is 0 Å². The van der Waals surface area contributed by atoms with Gasteiger partial charge in [-0.25, -0.2) is 4.98 Å². The number of rotatable bonds is 4. The fourth-order valence-electron chi connectivity index (χ4n) is 3.15. The summed E-state index contributed by atoms with van der Waals surface area (Å²) in [7, 11) is 1.74. The van der Waals surface area contributed by atoms with Gasteiger partial charge in [-0.15, -0.1) is 11.3 Å². The maximum atomic E-state index is 10.6. The number of ether oxygens (including phenoxy) is 1. The number of aryl methyl sites for hydroxylation is 2. The van der Waals surface area contributed by atoms with Crippen molar-refractivity contribution < 1.29 is 9.84 Å². The van der Waals surface area contributed by atoms with Crippen LogP contribution in [0.4, 0.5) is 0 Å². The maximum absolute atomic E-state index is 10.6. The molecule has 3 unspecified atom stereocenters. The highest BCUT2D eigenvalue weighted by Gasteiger charge is 2.41. The largest absolute Gasteiger partial charge is 0.390 e. The minimum Gasteiger partial charge on any atom is -0.390 e. The zero-order chi connectivity index (χ0) is 14.0. The van der Waals surface area contributed by atoms with Gasteiger partial charge in [0.05, 0.1) is 22.4 Å². The van der Waals surface area contributed by atoms with Crippen LogP contribution in [0.25, 0.3) is 0 Å². The summed E-state index contributed by atoms with van der Waals surface area (Å²) >= 11 is 1.69. The van der Waals surface area contributed by atoms with E-state index in [-0.39, 0.29) is 5.60 Å². The molecule has 3 nitrogen and oxygen atoms in total. The molecule has 0 radical (unpaired) electrons. The third-order valence-electron chi connectivity index (χ3n) is 4.45. The zero-order valence-corrected chi connectivity index (χ0v) is 13.2. The first-order valence-electron chi connectivity index (χ1n) is 7.13. The fourth-order valence-corrected chi connectivity index (χ4v) is 4.12. The van der Waals surface area contributed by atoms with Gasteiger partial charge in [-0.05, 0) is 32.6 Å². The smallest absolute Gasteiger partial charge is 0.0957 e. The minimum atomic E-state index is -0.454. The molecule has 1 fully saturated rings. The van der Waals surface area contributed by atoms with Gasteiger partial charge in [0.2, 0.25) is 0 Å². The van der Waals surface area contributed by atoms with Crippen molar-refractivity contribution in [3.63, 3.8) is 0 Å². The first-order valence-corrected chi connectivity index (χ1v) is 7.94. The molecule has 0 aromatic carbocycles. The van der Waals surface area contributed by atoms with Crippen LogP contribution in [-0.2, 0) is 11.2 Å². The Morgan fingerprint density at radius 3 is 2.79 bits per heavy atom. The zero-order valence-electron chi connectivity index (χ0n) is 12.4. The van der Waals surface area contributed by atoms with Crippen LogP contribution in [0.5, 0.6) is 0 Å². The third-order valence-corrected chi connectivity index (χ3v) is 5.54. The Balaban J connectivity index is 2.10. The third kappa shape index (κ3) is 3.18. The van der Waals surface area contributed by atoms with Gasteiger partial charge in [0.15, 0.2) is 0 Å². The van der Waals surface area contributed by atoms with Crippen molar-refractivity contribution in [3.8, 4) is 0 Å². The standard InChI is InChI=1S/C15H25NO2S/c1-10-6-5-7-15(9-10,18-4)13(17)8-14-16-11(2)12(3)19-14/h10,13,17H,5-9H2,1-4H3. The van der Waals surface area contributed by atoms with Crippen molar-refractivity contribution >= 4 is 11.3 Å². The molecule has 1 aliphatic rings. The van der Waals surface area contributed by atoms with Crippen molar-refractivity contribution in [1.82, 2.24) is 4.98 Å². The molecule has 1 heterocycles. The molecule has 1 N–H and O–H groups in total. The number of methoxy groups -OCH3 is 1. The van der Waals surface area contributed by atoms with Crippen LogP contribution in [0.15, 0.2) is 0 Å². The Bertz CT molecular complexity index is 412. The number of nitrogens with zero attached hydrogens (tertiary/aromatic N) is 1. The molecule has 0 amide bonds. The monoisotopic (exact) mass is 283 g/mol. The molecular weight excluding hydrogens is 258 g/mol. The van der Waals surface area contributed by atoms with E-state index in [2.05, 4.69) is 18.8 Å². The lowest BCUT2D eigenvalue weighted by Crippen LogP contribution is -2.48. The average molecular weight is 283 g/mol. The maximum Gasteiger partial charge on any atom is 0.0957 e. The van der Waals surface area contributed by atoms with Crippen molar-refractivity contribution in [1.29, 1.82) is 0 Å². The molecule has 108 valence electrons. The molecule has 0 spiro atoms. The van der Waals surface area contributed by atoms with E-state index in [1.165, 1.54) is 11.3 Å². The molecule has 0 saturated heterocycles. The molecule has 1 aromatic rings. The molecule has 1 aliphatic carbocycles. The van der Waals surface area contributed by atoms with Gasteiger partial charge in [-0.1, -0.05) is 19.8 Å². The van der Waals surface area contributed by atoms with Crippen LogP contribution >= 0.6 is 11.3 Å². The lowest BCUT2D eigenvalue weighted by atomic mass is 9.75. The molecule has 4 heteroatoms. The summed E-state index contributed by atoms with van der Waals surface area (Å²) in [5.41, 5.74) is 0.709. The van der Waals surface area contributed by atoms with E-state index >= 15 is 0 Å². The van der Waals surface area contributed by atoms with Crippen LogP contribution in [0.3, 0.4) is 0 Å². The lowest BCUT2D eigenvalue weighted by Gasteiger charge is -2.42. The van der Waals surface area contributed by atoms with Gasteiger partial charge in [0.25, 0.3) is 0 Å². The van der Waals surface area contributed by atoms with E-state index < -0.39 is 6.10 Å². The highest BCUT2D eigenvalue weighted by Crippen LogP contribution is 2.38. The highest BCUT2D eigenvalue weighted by molar-refractivity contribution is 7.11. The SMILES string of the molecule is COC1(C(O)Cc2nc(C)c(C)s2)CCCC(C)C1. The Morgan fingerprint density at radius 2 is 2.26 bits per heavy atom. The number of aliphatic hydroxyl groups excluding tert-OH is 1. The number of aromatic nitrogens is 1. The minimum absolute atomic E-state index is 0.370. The van der Waals surface area contributed by atoms with E-state index in [0.29, 0.717) is 12.3 Å². The summed E-state index contributed by atoms with van der Waals surface area (Å²) in [5, 5.41) is 11.7. The summed E-state index contributed by atoms with van der Waals surface area (Å²) in [4.78, 5) is 5.77. The summed E-state index contributed by atoms with van der Waals surface area (Å²) in [6.07, 6.45) is 4.45. The molecule has 19 heavy (non-hydrogen) atoms. The van der Waals surface area contributed by atoms with E-state index in [1.807, 2.05) is 6.92 Å². The first kappa shape index (κ1) is 14.9. The normalized spacial score (nSPS) is 29.4. The summed E-state index contributed by atoms with van der Waals surface area (Å²) in [5.74, 6) is 0.628. The second-order valence-electron chi connectivity index (χ2n) is 5.94. The van der Waals surface area contributed by atoms with Crippen LogP contribution in [0.1, 0.15) is 48.2 Å². The van der Waals surface area contributed by atoms with Crippen molar-refractivity contribution in [2.45, 2.75) is 64.6 Å². The van der Waals surface area contributed by atoms with Crippen LogP contribution in [-0.4, -0.2) is 28.9 Å². The molecule has 2 rings (SSSR count). The van der Waals surface area contributed by atoms with Crippen LogP contribution in [0, 0.1) is 19.8 Å². The summed E-state index contributed by atoms with van der Waals surface area (Å²) in [6.45, 7) is 6.35. The van der Waals surface area contributed by atoms with Crippen LogP contribution < -0.4 is 0 Å². The average Bonchev–Trinajstić information content (AvgIpc) is 2.68. The predicted octanol–water partition coefficient (Wildman–Crippen LogP) is 3.26. The molecule has 3 atom stereocenters. The van der Waals surface area contributed by atoms with Crippen molar-refractivity contribution in [3.05, 3.63) is 15.6 Å². The van der Waals surface area contributed by atoms with Gasteiger partial charge in [0.1, 0.15) is 0 Å². The molecule has 1 aromatic heterocycles. The molecule has 1 saturated carbocycles.